The van der Waals surface area contributed by atoms with E-state index in [9.17, 15) is 0 Å². The number of hydrogen-bond donors (Lipinski definition) is 0. The maximum Gasteiger partial charge on any atom is 0.135 e. The van der Waals surface area contributed by atoms with E-state index < -0.39 is 0 Å². The zero-order valence-corrected chi connectivity index (χ0v) is 35.6. The Hall–Kier alpha value is -5.64. The number of anilines is 4. The Morgan fingerprint density at radius 1 is 0.596 bits per heavy atom. The zero-order valence-electron chi connectivity index (χ0n) is 33.4. The molecule has 2 aromatic heterocycles. The second-order valence-corrected chi connectivity index (χ2v) is 16.7. The van der Waals surface area contributed by atoms with E-state index in [-0.39, 0.29) is 31.9 Å². The number of para-hydroxylation sites is 3. The summed E-state index contributed by atoms with van der Waals surface area (Å²) in [6, 6.07) is 54.3. The van der Waals surface area contributed by atoms with Gasteiger partial charge in [-0.2, -0.15) is 6.07 Å². The molecule has 0 saturated heterocycles. The van der Waals surface area contributed by atoms with Gasteiger partial charge >= 0.3 is 0 Å². The van der Waals surface area contributed by atoms with Gasteiger partial charge in [0.05, 0.1) is 0 Å². The van der Waals surface area contributed by atoms with E-state index >= 15 is 0 Å². The molecule has 5 nitrogen and oxygen atoms in total. The Balaban J connectivity index is 0.00000455. The average Bonchev–Trinajstić information content (AvgIpc) is 3.73. The summed E-state index contributed by atoms with van der Waals surface area (Å²) in [4.78, 5) is 9.39. The van der Waals surface area contributed by atoms with Gasteiger partial charge in [0.25, 0.3) is 0 Å². The Labute approximate surface area is 350 Å². The van der Waals surface area contributed by atoms with Crippen molar-refractivity contribution in [1.29, 1.82) is 0 Å². The Bertz CT molecular complexity index is 2760. The third-order valence-corrected chi connectivity index (χ3v) is 10.8. The molecule has 0 amide bonds. The molecule has 0 saturated carbocycles. The van der Waals surface area contributed by atoms with Crippen LogP contribution in [0.25, 0.3) is 38.8 Å². The molecule has 8 aromatic rings. The molecule has 6 aromatic carbocycles. The van der Waals surface area contributed by atoms with Crippen LogP contribution in [0, 0.1) is 25.7 Å². The van der Waals surface area contributed by atoms with Crippen molar-refractivity contribution in [3.05, 3.63) is 175 Å². The number of hydrogen-bond acceptors (Lipinski definition) is 4. The molecule has 6 heteroatoms. The fraction of sp³-hybridized carbons (Fsp3) is 0.176. The van der Waals surface area contributed by atoms with Crippen molar-refractivity contribution in [3.63, 3.8) is 0 Å². The smallest absolute Gasteiger partial charge is 0.135 e. The first-order valence-electron chi connectivity index (χ1n) is 19.3. The SMILES string of the molecule is Cc1cccc(N2[CH-]N(c3[c-]c(Oc4[c-]c5c(cc4)c4ccccc4n5-c4cc(C(C)(C)C)ccn4)cc(C(C)(C)C)c3)c3ccccc32)c1-c1ccccc1.[Pt]. The number of ether oxygens (including phenoxy) is 1. The molecule has 288 valence electrons. The molecule has 0 N–H and O–H groups in total. The first kappa shape index (κ1) is 38.2. The molecule has 9 rings (SSSR count). The zero-order chi connectivity index (χ0) is 38.8. The molecule has 3 heterocycles. The Morgan fingerprint density at radius 2 is 1.28 bits per heavy atom. The van der Waals surface area contributed by atoms with Gasteiger partial charge in [-0.3, -0.25) is 0 Å². The second-order valence-electron chi connectivity index (χ2n) is 16.7. The van der Waals surface area contributed by atoms with Crippen LogP contribution in [0.2, 0.25) is 0 Å². The third kappa shape index (κ3) is 7.04. The molecule has 57 heavy (non-hydrogen) atoms. The van der Waals surface area contributed by atoms with Crippen molar-refractivity contribution in [2.24, 2.45) is 0 Å². The quantitative estimate of drug-likeness (QED) is 0.156. The van der Waals surface area contributed by atoms with Gasteiger partial charge in [-0.1, -0.05) is 120 Å². The minimum atomic E-state index is -0.151. The maximum absolute atomic E-state index is 6.78. The summed E-state index contributed by atoms with van der Waals surface area (Å²) in [5.41, 5.74) is 12.0. The fourth-order valence-electron chi connectivity index (χ4n) is 7.77. The Morgan fingerprint density at radius 3 is 2.04 bits per heavy atom. The largest absolute Gasteiger partial charge is 0.509 e. The normalized spacial score (nSPS) is 12.9. The van der Waals surface area contributed by atoms with Crippen LogP contribution in [0.15, 0.2) is 140 Å². The van der Waals surface area contributed by atoms with Crippen molar-refractivity contribution in [3.8, 4) is 28.4 Å². The number of pyridine rings is 1. The summed E-state index contributed by atoms with van der Waals surface area (Å²) in [6.07, 6.45) is 1.90. The van der Waals surface area contributed by atoms with Crippen LogP contribution in [0.3, 0.4) is 0 Å². The minimum Gasteiger partial charge on any atom is -0.509 e. The van der Waals surface area contributed by atoms with Crippen molar-refractivity contribution in [2.45, 2.75) is 59.3 Å². The first-order chi connectivity index (χ1) is 26.9. The van der Waals surface area contributed by atoms with Crippen LogP contribution in [-0.4, -0.2) is 9.55 Å². The van der Waals surface area contributed by atoms with Crippen LogP contribution in [0.1, 0.15) is 58.2 Å². The molecular formula is C51H45N4OPt-3. The van der Waals surface area contributed by atoms with Crippen LogP contribution >= 0.6 is 0 Å². The molecule has 0 aliphatic carbocycles. The number of aryl methyl sites for hydroxylation is 1. The van der Waals surface area contributed by atoms with Gasteiger partial charge in [-0.05, 0) is 76.2 Å². The standard InChI is InChI=1S/C51H45N4O.Pt/c1-34-16-15-23-46(49(34)35-17-9-8-10-18-35)54-33-53(44-21-13-14-22-45(44)54)38-28-37(51(5,6)7)29-40(31-38)56-39-24-25-42-41-19-11-12-20-43(41)55(47(42)32-39)48-30-36(26-27-52-48)50(2,3)4;/h8-30,33H,1-7H3;/q-3;. The first-order valence-corrected chi connectivity index (χ1v) is 19.3. The van der Waals surface area contributed by atoms with Crippen molar-refractivity contribution < 1.29 is 25.8 Å². The van der Waals surface area contributed by atoms with E-state index in [0.29, 0.717) is 11.5 Å². The molecule has 0 spiro atoms. The molecule has 0 bridgehead atoms. The summed E-state index contributed by atoms with van der Waals surface area (Å²) >= 11 is 0. The number of fused-ring (bicyclic) bond motifs is 4. The van der Waals surface area contributed by atoms with Gasteiger partial charge in [0.15, 0.2) is 0 Å². The molecule has 0 unspecified atom stereocenters. The van der Waals surface area contributed by atoms with Gasteiger partial charge in [-0.25, -0.2) is 4.98 Å². The van der Waals surface area contributed by atoms with Crippen LogP contribution in [0.5, 0.6) is 11.5 Å². The second kappa shape index (κ2) is 14.7. The van der Waals surface area contributed by atoms with Crippen molar-refractivity contribution >= 4 is 44.6 Å². The van der Waals surface area contributed by atoms with Gasteiger partial charge in [-0.15, -0.1) is 53.6 Å². The number of aromatic nitrogens is 2. The van der Waals surface area contributed by atoms with Gasteiger partial charge in [0, 0.05) is 66.9 Å². The summed E-state index contributed by atoms with van der Waals surface area (Å²) in [5, 5.41) is 2.24. The average molecular weight is 925 g/mol. The van der Waals surface area contributed by atoms with Gasteiger partial charge < -0.3 is 19.1 Å². The third-order valence-electron chi connectivity index (χ3n) is 10.8. The molecule has 1 aliphatic rings. The van der Waals surface area contributed by atoms with Gasteiger partial charge in [0.2, 0.25) is 0 Å². The predicted molar refractivity (Wildman–Crippen MR) is 232 cm³/mol. The maximum atomic E-state index is 6.78. The van der Waals surface area contributed by atoms with Crippen LogP contribution in [0.4, 0.5) is 22.7 Å². The predicted octanol–water partition coefficient (Wildman–Crippen LogP) is 13.5. The van der Waals surface area contributed by atoms with Crippen LogP contribution in [-0.2, 0) is 31.9 Å². The minimum absolute atomic E-state index is 0. The molecule has 0 fully saturated rings. The monoisotopic (exact) mass is 924 g/mol. The number of nitrogens with zero attached hydrogens (tertiary/aromatic N) is 4. The number of benzene rings is 6. The molecular weight excluding hydrogens is 880 g/mol. The van der Waals surface area contributed by atoms with Crippen molar-refractivity contribution in [2.75, 3.05) is 9.80 Å². The fourth-order valence-corrected chi connectivity index (χ4v) is 7.77. The van der Waals surface area contributed by atoms with E-state index in [0.717, 1.165) is 55.9 Å². The Kier molecular flexibility index (Phi) is 9.86. The van der Waals surface area contributed by atoms with E-state index in [1.54, 1.807) is 0 Å². The van der Waals surface area contributed by atoms with Crippen molar-refractivity contribution in [1.82, 2.24) is 9.55 Å². The summed E-state index contributed by atoms with van der Waals surface area (Å²) in [7, 11) is 0. The van der Waals surface area contributed by atoms with E-state index in [1.165, 1.54) is 22.3 Å². The molecule has 0 atom stereocenters. The molecule has 0 radical (unpaired) electrons. The number of rotatable bonds is 6. The van der Waals surface area contributed by atoms with E-state index in [1.807, 2.05) is 12.3 Å². The van der Waals surface area contributed by atoms with E-state index in [4.69, 9.17) is 9.72 Å². The topological polar surface area (TPSA) is 33.5 Å². The van der Waals surface area contributed by atoms with Crippen LogP contribution < -0.4 is 14.5 Å². The van der Waals surface area contributed by atoms with E-state index in [2.05, 4.69) is 209 Å². The summed E-state index contributed by atoms with van der Waals surface area (Å²) in [6.45, 7) is 17.8. The molecule has 1 aliphatic heterocycles. The summed E-state index contributed by atoms with van der Waals surface area (Å²) in [5.74, 6) is 2.10. The summed E-state index contributed by atoms with van der Waals surface area (Å²) < 4.78 is 8.98. The van der Waals surface area contributed by atoms with Gasteiger partial charge in [0.1, 0.15) is 5.82 Å².